The standard InChI is InChI=1S/C13H15N3O2/c1-8-5-6-9-3-2-4-11(12(9)15-8)16-13(18)10(14)7-17/h2-6,10,17H,7,14H2,1H3,(H,16,18). The maximum atomic E-state index is 11.6. The average molecular weight is 245 g/mol. The van der Waals surface area contributed by atoms with Crippen LogP contribution in [0.4, 0.5) is 5.69 Å². The molecule has 1 aromatic heterocycles. The van der Waals surface area contributed by atoms with Gasteiger partial charge in [-0.05, 0) is 19.1 Å². The summed E-state index contributed by atoms with van der Waals surface area (Å²) in [6.45, 7) is 1.50. The van der Waals surface area contributed by atoms with Gasteiger partial charge in [-0.2, -0.15) is 0 Å². The summed E-state index contributed by atoms with van der Waals surface area (Å²) in [5.41, 5.74) is 7.65. The van der Waals surface area contributed by atoms with Crippen LogP contribution in [-0.2, 0) is 4.79 Å². The number of aliphatic hydroxyl groups is 1. The van der Waals surface area contributed by atoms with Crippen LogP contribution in [0.2, 0.25) is 0 Å². The number of aliphatic hydroxyl groups excluding tert-OH is 1. The molecule has 0 aliphatic rings. The van der Waals surface area contributed by atoms with E-state index in [0.29, 0.717) is 5.69 Å². The van der Waals surface area contributed by atoms with Crippen molar-refractivity contribution >= 4 is 22.5 Å². The number of anilines is 1. The van der Waals surface area contributed by atoms with Crippen LogP contribution in [0.3, 0.4) is 0 Å². The van der Waals surface area contributed by atoms with Gasteiger partial charge in [0.05, 0.1) is 17.8 Å². The second-order valence-corrected chi connectivity index (χ2v) is 4.11. The number of carbonyl (C=O) groups is 1. The summed E-state index contributed by atoms with van der Waals surface area (Å²) in [4.78, 5) is 16.0. The van der Waals surface area contributed by atoms with Crippen molar-refractivity contribution in [2.75, 3.05) is 11.9 Å². The van der Waals surface area contributed by atoms with Gasteiger partial charge in [-0.15, -0.1) is 0 Å². The van der Waals surface area contributed by atoms with Crippen LogP contribution >= 0.6 is 0 Å². The molecule has 0 fully saturated rings. The van der Waals surface area contributed by atoms with Crippen molar-refractivity contribution in [2.24, 2.45) is 5.73 Å². The highest BCUT2D eigenvalue weighted by molar-refractivity contribution is 6.02. The molecule has 1 amide bonds. The van der Waals surface area contributed by atoms with Crippen molar-refractivity contribution < 1.29 is 9.90 Å². The van der Waals surface area contributed by atoms with Gasteiger partial charge in [0, 0.05) is 11.1 Å². The predicted molar refractivity (Wildman–Crippen MR) is 70.2 cm³/mol. The number of amides is 1. The number of nitrogens with two attached hydrogens (primary N) is 1. The normalized spacial score (nSPS) is 12.4. The van der Waals surface area contributed by atoms with E-state index in [1.807, 2.05) is 31.2 Å². The number of pyridine rings is 1. The summed E-state index contributed by atoms with van der Waals surface area (Å²) in [6, 6.07) is 8.44. The highest BCUT2D eigenvalue weighted by Gasteiger charge is 2.13. The number of benzene rings is 1. The van der Waals surface area contributed by atoms with E-state index < -0.39 is 11.9 Å². The quantitative estimate of drug-likeness (QED) is 0.746. The molecule has 2 rings (SSSR count). The molecule has 0 aliphatic heterocycles. The third kappa shape index (κ3) is 2.47. The Bertz CT molecular complexity index is 583. The minimum absolute atomic E-state index is 0.386. The van der Waals surface area contributed by atoms with Gasteiger partial charge in [-0.3, -0.25) is 9.78 Å². The Balaban J connectivity index is 2.39. The molecule has 0 saturated heterocycles. The molecule has 1 atom stereocenters. The van der Waals surface area contributed by atoms with E-state index in [4.69, 9.17) is 10.8 Å². The lowest BCUT2D eigenvalue weighted by molar-refractivity contribution is -0.118. The van der Waals surface area contributed by atoms with E-state index in [9.17, 15) is 4.79 Å². The highest BCUT2D eigenvalue weighted by atomic mass is 16.3. The van der Waals surface area contributed by atoms with Crippen molar-refractivity contribution in [3.8, 4) is 0 Å². The van der Waals surface area contributed by atoms with Crippen LogP contribution in [0, 0.1) is 6.92 Å². The predicted octanol–water partition coefficient (Wildman–Crippen LogP) is 0.801. The van der Waals surface area contributed by atoms with Crippen molar-refractivity contribution in [1.29, 1.82) is 0 Å². The van der Waals surface area contributed by atoms with Gasteiger partial charge < -0.3 is 16.2 Å². The molecule has 1 heterocycles. The fourth-order valence-electron chi connectivity index (χ4n) is 1.65. The molecule has 0 saturated carbocycles. The van der Waals surface area contributed by atoms with Crippen molar-refractivity contribution in [2.45, 2.75) is 13.0 Å². The number of rotatable bonds is 3. The first kappa shape index (κ1) is 12.5. The summed E-state index contributed by atoms with van der Waals surface area (Å²) in [7, 11) is 0. The molecule has 4 N–H and O–H groups in total. The molecular weight excluding hydrogens is 230 g/mol. The maximum absolute atomic E-state index is 11.6. The van der Waals surface area contributed by atoms with Crippen LogP contribution in [0.5, 0.6) is 0 Å². The molecule has 18 heavy (non-hydrogen) atoms. The van der Waals surface area contributed by atoms with E-state index in [-0.39, 0.29) is 6.61 Å². The molecule has 0 spiro atoms. The highest BCUT2D eigenvalue weighted by Crippen LogP contribution is 2.21. The van der Waals surface area contributed by atoms with Gasteiger partial charge in [-0.1, -0.05) is 18.2 Å². The number of nitrogens with one attached hydrogen (secondary N) is 1. The minimum Gasteiger partial charge on any atom is -0.394 e. The number of aromatic nitrogens is 1. The fourth-order valence-corrected chi connectivity index (χ4v) is 1.65. The summed E-state index contributed by atoms with van der Waals surface area (Å²) < 4.78 is 0. The molecule has 5 heteroatoms. The molecular formula is C13H15N3O2. The monoisotopic (exact) mass is 245 g/mol. The van der Waals surface area contributed by atoms with Gasteiger partial charge in [0.2, 0.25) is 5.91 Å². The van der Waals surface area contributed by atoms with E-state index in [1.165, 1.54) is 0 Å². The topological polar surface area (TPSA) is 88.2 Å². The summed E-state index contributed by atoms with van der Waals surface area (Å²) in [6.07, 6.45) is 0. The lowest BCUT2D eigenvalue weighted by atomic mass is 10.1. The summed E-state index contributed by atoms with van der Waals surface area (Å²) in [5.74, 6) is -0.423. The van der Waals surface area contributed by atoms with Crippen LogP contribution < -0.4 is 11.1 Å². The average Bonchev–Trinajstić information content (AvgIpc) is 2.38. The summed E-state index contributed by atoms with van der Waals surface area (Å²) in [5, 5.41) is 12.5. The van der Waals surface area contributed by atoms with E-state index in [0.717, 1.165) is 16.6 Å². The number of hydrogen-bond donors (Lipinski definition) is 3. The summed E-state index contributed by atoms with van der Waals surface area (Å²) >= 11 is 0. The van der Waals surface area contributed by atoms with Gasteiger partial charge in [0.15, 0.2) is 0 Å². The second kappa shape index (κ2) is 5.12. The third-order valence-electron chi connectivity index (χ3n) is 2.65. The van der Waals surface area contributed by atoms with Crippen molar-refractivity contribution in [1.82, 2.24) is 4.98 Å². The zero-order valence-electron chi connectivity index (χ0n) is 10.1. The molecule has 0 aliphatic carbocycles. The Hall–Kier alpha value is -1.98. The number of aryl methyl sites for hydroxylation is 1. The zero-order valence-corrected chi connectivity index (χ0v) is 10.1. The van der Waals surface area contributed by atoms with Crippen LogP contribution in [-0.4, -0.2) is 28.6 Å². The first-order valence-corrected chi connectivity index (χ1v) is 5.65. The Kier molecular flexibility index (Phi) is 3.55. The van der Waals surface area contributed by atoms with Crippen molar-refractivity contribution in [3.63, 3.8) is 0 Å². The third-order valence-corrected chi connectivity index (χ3v) is 2.65. The molecule has 5 nitrogen and oxygen atoms in total. The van der Waals surface area contributed by atoms with Crippen LogP contribution in [0.15, 0.2) is 30.3 Å². The molecule has 1 unspecified atom stereocenters. The van der Waals surface area contributed by atoms with E-state index in [2.05, 4.69) is 10.3 Å². The van der Waals surface area contributed by atoms with Crippen LogP contribution in [0.1, 0.15) is 5.69 Å². The number of carbonyl (C=O) groups excluding carboxylic acids is 1. The lowest BCUT2D eigenvalue weighted by Crippen LogP contribution is -2.38. The van der Waals surface area contributed by atoms with Gasteiger partial charge in [0.25, 0.3) is 0 Å². The minimum atomic E-state index is -0.926. The molecule has 94 valence electrons. The number of para-hydroxylation sites is 1. The Morgan fingerprint density at radius 2 is 2.22 bits per heavy atom. The van der Waals surface area contributed by atoms with Crippen LogP contribution in [0.25, 0.3) is 10.9 Å². The van der Waals surface area contributed by atoms with E-state index in [1.54, 1.807) is 6.07 Å². The Morgan fingerprint density at radius 3 is 2.94 bits per heavy atom. The molecule has 1 aromatic carbocycles. The fraction of sp³-hybridized carbons (Fsp3) is 0.231. The van der Waals surface area contributed by atoms with Gasteiger partial charge in [0.1, 0.15) is 6.04 Å². The first-order chi connectivity index (χ1) is 8.61. The first-order valence-electron chi connectivity index (χ1n) is 5.65. The Morgan fingerprint density at radius 1 is 1.44 bits per heavy atom. The molecule has 0 radical (unpaired) electrons. The number of nitrogens with zero attached hydrogens (tertiary/aromatic N) is 1. The number of hydrogen-bond acceptors (Lipinski definition) is 4. The zero-order chi connectivity index (χ0) is 13.1. The van der Waals surface area contributed by atoms with Crippen molar-refractivity contribution in [3.05, 3.63) is 36.0 Å². The smallest absolute Gasteiger partial charge is 0.243 e. The largest absolute Gasteiger partial charge is 0.394 e. The maximum Gasteiger partial charge on any atom is 0.243 e. The van der Waals surface area contributed by atoms with Gasteiger partial charge >= 0.3 is 0 Å². The molecule has 2 aromatic rings. The van der Waals surface area contributed by atoms with Gasteiger partial charge in [-0.25, -0.2) is 0 Å². The number of fused-ring (bicyclic) bond motifs is 1. The lowest BCUT2D eigenvalue weighted by Gasteiger charge is -2.11. The SMILES string of the molecule is Cc1ccc2cccc(NC(=O)C(N)CO)c2n1. The van der Waals surface area contributed by atoms with E-state index >= 15 is 0 Å². The Labute approximate surface area is 105 Å². The second-order valence-electron chi connectivity index (χ2n) is 4.11. The molecule has 0 bridgehead atoms.